The number of halogens is 1. The van der Waals surface area contributed by atoms with Gasteiger partial charge >= 0.3 is 0 Å². The molecular weight excluding hydrogens is 457 g/mol. The summed E-state index contributed by atoms with van der Waals surface area (Å²) in [5.41, 5.74) is 5.85. The van der Waals surface area contributed by atoms with Crippen molar-refractivity contribution in [3.8, 4) is 6.07 Å². The predicted octanol–water partition coefficient (Wildman–Crippen LogP) is 3.04. The summed E-state index contributed by atoms with van der Waals surface area (Å²) in [5.74, 6) is -0.973. The molecule has 0 radical (unpaired) electrons. The SMILES string of the molecule is Cc1cc(C#N)cnc1C(=O)Nc1ccc(F)c([C@@]2(C)N=C(N)C(C)(C)[S@]3(=O)=NCCC[C@@H]23)n1. The normalized spacial score (nSPS) is 27.5. The molecule has 0 saturated heterocycles. The molecule has 2 aromatic rings. The van der Waals surface area contributed by atoms with E-state index in [2.05, 4.69) is 24.6 Å². The highest BCUT2D eigenvalue weighted by Crippen LogP contribution is 2.46. The van der Waals surface area contributed by atoms with Gasteiger partial charge in [-0.05, 0) is 64.3 Å². The number of carbonyl (C=O) groups excluding carboxylic acids is 1. The van der Waals surface area contributed by atoms with Crippen molar-refractivity contribution in [2.24, 2.45) is 15.1 Å². The van der Waals surface area contributed by atoms with E-state index >= 15 is 4.39 Å². The molecule has 0 saturated carbocycles. The number of hydrogen-bond donors (Lipinski definition) is 2. The lowest BCUT2D eigenvalue weighted by molar-refractivity contribution is 0.102. The van der Waals surface area contributed by atoms with Crippen molar-refractivity contribution in [2.45, 2.75) is 56.1 Å². The molecule has 1 amide bonds. The predicted molar refractivity (Wildman–Crippen MR) is 127 cm³/mol. The van der Waals surface area contributed by atoms with Crippen LogP contribution in [-0.4, -0.2) is 42.5 Å². The highest BCUT2D eigenvalue weighted by Gasteiger charge is 2.56. The van der Waals surface area contributed by atoms with Gasteiger partial charge in [-0.1, -0.05) is 0 Å². The van der Waals surface area contributed by atoms with Gasteiger partial charge in [0.15, 0.2) is 0 Å². The summed E-state index contributed by atoms with van der Waals surface area (Å²) in [5, 5.41) is 11.0. The molecule has 4 heterocycles. The molecule has 2 aliphatic rings. The monoisotopic (exact) mass is 483 g/mol. The van der Waals surface area contributed by atoms with Gasteiger partial charge in [-0.2, -0.15) is 5.26 Å². The number of aliphatic imine (C=N–C) groups is 1. The number of fused-ring (bicyclic) bond motifs is 1. The fourth-order valence-electron chi connectivity index (χ4n) is 4.56. The average molecular weight is 484 g/mol. The smallest absolute Gasteiger partial charge is 0.275 e. The molecule has 11 heteroatoms. The number of nitrogens with zero attached hydrogens (tertiary/aromatic N) is 5. The Morgan fingerprint density at radius 3 is 2.76 bits per heavy atom. The van der Waals surface area contributed by atoms with Crippen molar-refractivity contribution >= 4 is 27.3 Å². The summed E-state index contributed by atoms with van der Waals surface area (Å²) < 4.78 is 32.8. The summed E-state index contributed by atoms with van der Waals surface area (Å²) >= 11 is 0. The first-order valence-corrected chi connectivity index (χ1v) is 12.4. The topological polar surface area (TPSA) is 146 Å². The van der Waals surface area contributed by atoms with Gasteiger partial charge in [0.25, 0.3) is 5.91 Å². The molecule has 2 aliphatic heterocycles. The highest BCUT2D eigenvalue weighted by molar-refractivity contribution is 7.96. The minimum atomic E-state index is -2.88. The number of nitrogens with two attached hydrogens (primary N) is 1. The summed E-state index contributed by atoms with van der Waals surface area (Å²) in [4.78, 5) is 25.9. The van der Waals surface area contributed by atoms with Gasteiger partial charge in [0.2, 0.25) is 0 Å². The molecule has 0 aromatic carbocycles. The lowest BCUT2D eigenvalue weighted by atomic mass is 9.89. The maximum Gasteiger partial charge on any atom is 0.275 e. The van der Waals surface area contributed by atoms with Crippen LogP contribution in [0, 0.1) is 24.1 Å². The Kier molecular flexibility index (Phi) is 5.68. The van der Waals surface area contributed by atoms with Gasteiger partial charge < -0.3 is 11.1 Å². The minimum Gasteiger partial charge on any atom is -0.386 e. The Morgan fingerprint density at radius 1 is 1.35 bits per heavy atom. The van der Waals surface area contributed by atoms with Crippen molar-refractivity contribution < 1.29 is 13.4 Å². The molecule has 3 atom stereocenters. The van der Waals surface area contributed by atoms with Crippen molar-refractivity contribution in [1.82, 2.24) is 9.97 Å². The fourth-order valence-corrected chi connectivity index (χ4v) is 7.80. The summed E-state index contributed by atoms with van der Waals surface area (Å²) in [6.07, 6.45) is 2.53. The molecule has 0 bridgehead atoms. The number of carbonyl (C=O) groups is 1. The number of amides is 1. The van der Waals surface area contributed by atoms with Crippen LogP contribution in [0.3, 0.4) is 0 Å². The zero-order chi connectivity index (χ0) is 24.9. The zero-order valence-corrected chi connectivity index (χ0v) is 20.2. The molecule has 4 rings (SSSR count). The number of aryl methyl sites for hydroxylation is 1. The molecular formula is C23H26FN7O2S. The van der Waals surface area contributed by atoms with E-state index in [1.165, 1.54) is 18.3 Å². The van der Waals surface area contributed by atoms with Gasteiger partial charge in [-0.15, -0.1) is 0 Å². The van der Waals surface area contributed by atoms with Crippen molar-refractivity contribution in [3.63, 3.8) is 0 Å². The standard InChI is InChI=1S/C23H26FN7O2S/c1-13-10-14(11-25)12-27-18(13)20(32)30-17-8-7-15(24)19(29-17)23(4)16-6-5-9-28-34(16,33)22(2,3)21(26)31-23/h7-8,10,12,16H,5-6,9H2,1-4H3,(H2,26,31)(H,29,30,32)/t16-,23-,34-/m0/s1. The Labute approximate surface area is 197 Å². The Balaban J connectivity index is 1.77. The summed E-state index contributed by atoms with van der Waals surface area (Å²) in [6, 6.07) is 6.05. The van der Waals surface area contributed by atoms with Crippen LogP contribution >= 0.6 is 0 Å². The molecule has 9 nitrogen and oxygen atoms in total. The minimum absolute atomic E-state index is 0.0527. The third-order valence-corrected chi connectivity index (χ3v) is 10.3. The van der Waals surface area contributed by atoms with E-state index in [-0.39, 0.29) is 23.0 Å². The molecule has 178 valence electrons. The van der Waals surface area contributed by atoms with Gasteiger partial charge in [0, 0.05) is 12.7 Å². The number of aromatic nitrogens is 2. The van der Waals surface area contributed by atoms with Crippen LogP contribution in [0.1, 0.15) is 60.9 Å². The number of nitriles is 1. The maximum atomic E-state index is 15.2. The molecule has 0 spiro atoms. The first kappa shape index (κ1) is 23.8. The van der Waals surface area contributed by atoms with E-state index in [1.807, 2.05) is 6.07 Å². The summed E-state index contributed by atoms with van der Waals surface area (Å²) in [6.45, 7) is 7.29. The van der Waals surface area contributed by atoms with Crippen LogP contribution < -0.4 is 11.1 Å². The van der Waals surface area contributed by atoms with Crippen molar-refractivity contribution in [1.29, 1.82) is 5.26 Å². The van der Waals surface area contributed by atoms with Gasteiger partial charge in [-0.3, -0.25) is 9.79 Å². The van der Waals surface area contributed by atoms with Gasteiger partial charge in [-0.25, -0.2) is 22.9 Å². The molecule has 0 aliphatic carbocycles. The van der Waals surface area contributed by atoms with Crippen LogP contribution in [0.25, 0.3) is 0 Å². The van der Waals surface area contributed by atoms with Crippen LogP contribution in [0.5, 0.6) is 0 Å². The number of nitrogens with one attached hydrogen (secondary N) is 1. The third-order valence-electron chi connectivity index (χ3n) is 6.61. The van der Waals surface area contributed by atoms with Crippen molar-refractivity contribution in [3.05, 3.63) is 52.7 Å². The van der Waals surface area contributed by atoms with E-state index in [0.29, 0.717) is 30.5 Å². The molecule has 0 fully saturated rings. The largest absolute Gasteiger partial charge is 0.386 e. The Bertz CT molecular complexity index is 1390. The molecule has 0 unspecified atom stereocenters. The second-order valence-electron chi connectivity index (χ2n) is 9.19. The molecule has 2 aromatic heterocycles. The summed E-state index contributed by atoms with van der Waals surface area (Å²) in [7, 11) is -2.88. The first-order chi connectivity index (χ1) is 15.9. The number of anilines is 1. The van der Waals surface area contributed by atoms with E-state index in [1.54, 1.807) is 33.8 Å². The van der Waals surface area contributed by atoms with Crippen LogP contribution in [0.2, 0.25) is 0 Å². The van der Waals surface area contributed by atoms with E-state index in [0.717, 1.165) is 0 Å². The Morgan fingerprint density at radius 2 is 2.09 bits per heavy atom. The van der Waals surface area contributed by atoms with Crippen molar-refractivity contribution in [2.75, 3.05) is 11.9 Å². The maximum absolute atomic E-state index is 15.2. The third kappa shape index (κ3) is 3.53. The van der Waals surface area contributed by atoms with Gasteiger partial charge in [0.1, 0.15) is 45.2 Å². The van der Waals surface area contributed by atoms with Crippen LogP contribution in [0.15, 0.2) is 33.8 Å². The van der Waals surface area contributed by atoms with E-state index < -0.39 is 37.0 Å². The lowest BCUT2D eigenvalue weighted by Gasteiger charge is -2.47. The molecule has 34 heavy (non-hydrogen) atoms. The van der Waals surface area contributed by atoms with Gasteiger partial charge in [0.05, 0.1) is 20.5 Å². The highest BCUT2D eigenvalue weighted by atomic mass is 32.2. The second kappa shape index (κ2) is 8.13. The number of rotatable bonds is 3. The second-order valence-corrected chi connectivity index (χ2v) is 12.2. The fraction of sp³-hybridized carbons (Fsp3) is 0.435. The average Bonchev–Trinajstić information content (AvgIpc) is 2.79. The number of amidine groups is 1. The number of hydrogen-bond acceptors (Lipinski definition) is 8. The number of pyridine rings is 2. The zero-order valence-electron chi connectivity index (χ0n) is 19.4. The van der Waals surface area contributed by atoms with E-state index in [4.69, 9.17) is 11.0 Å². The first-order valence-electron chi connectivity index (χ1n) is 10.9. The van der Waals surface area contributed by atoms with Crippen LogP contribution in [-0.2, 0) is 15.3 Å². The quantitative estimate of drug-likeness (QED) is 0.686. The Hall–Kier alpha value is -3.39. The van der Waals surface area contributed by atoms with E-state index in [9.17, 15) is 9.00 Å². The lowest BCUT2D eigenvalue weighted by Crippen LogP contribution is -2.60. The van der Waals surface area contributed by atoms with Crippen LogP contribution in [0.4, 0.5) is 10.2 Å². The molecule has 3 N–H and O–H groups in total.